The Morgan fingerprint density at radius 3 is 2.17 bits per heavy atom. The van der Waals surface area contributed by atoms with E-state index in [1.165, 1.54) is 12.1 Å². The van der Waals surface area contributed by atoms with Crippen LogP contribution in [0, 0.1) is 13.8 Å². The molecule has 0 radical (unpaired) electrons. The van der Waals surface area contributed by atoms with Crippen LogP contribution < -0.4 is 9.46 Å². The molecule has 4 aromatic rings. The molecule has 0 aliphatic rings. The number of rotatable bonds is 7. The lowest BCUT2D eigenvalue weighted by molar-refractivity contribution is -0.137. The predicted molar refractivity (Wildman–Crippen MR) is 123 cm³/mol. The van der Waals surface area contributed by atoms with Gasteiger partial charge in [0.25, 0.3) is 0 Å². The van der Waals surface area contributed by atoms with Crippen LogP contribution in [0.3, 0.4) is 0 Å². The van der Waals surface area contributed by atoms with Gasteiger partial charge in [0, 0.05) is 17.4 Å². The number of benzene rings is 2. The van der Waals surface area contributed by atoms with Crippen molar-refractivity contribution in [3.63, 3.8) is 0 Å². The smallest absolute Gasteiger partial charge is 0.416 e. The lowest BCUT2D eigenvalue weighted by atomic mass is 10.1. The van der Waals surface area contributed by atoms with Gasteiger partial charge in [-0.3, -0.25) is 4.72 Å². The van der Waals surface area contributed by atoms with Gasteiger partial charge in [-0.05, 0) is 67.9 Å². The Morgan fingerprint density at radius 1 is 0.943 bits per heavy atom. The van der Waals surface area contributed by atoms with Crippen LogP contribution in [-0.2, 0) is 22.0 Å². The molecule has 12 heteroatoms. The van der Waals surface area contributed by atoms with Gasteiger partial charge in [-0.25, -0.2) is 13.1 Å². The number of nitrogens with zero attached hydrogens (tertiary/aromatic N) is 4. The quantitative estimate of drug-likeness (QED) is 0.380. The molecule has 0 saturated carbocycles. The van der Waals surface area contributed by atoms with Gasteiger partial charge in [0.05, 0.1) is 17.0 Å². The molecule has 4 rings (SSSR count). The highest BCUT2D eigenvalue weighted by atomic mass is 32.2. The Bertz CT molecular complexity index is 1420. The average molecular weight is 504 g/mol. The summed E-state index contributed by atoms with van der Waals surface area (Å²) in [5, 5.41) is 12.5. The number of ether oxygens (including phenoxy) is 1. The zero-order chi connectivity index (χ0) is 25.2. The van der Waals surface area contributed by atoms with Crippen molar-refractivity contribution in [2.45, 2.75) is 25.8 Å². The third-order valence-electron chi connectivity index (χ3n) is 4.84. The van der Waals surface area contributed by atoms with Crippen molar-refractivity contribution in [2.24, 2.45) is 0 Å². The SMILES string of the molecule is Cc1cc(C)n(-c2ccc(Oc3ccc(NS(=O)(=O)Cc4ccc(C(F)(F)F)cc4)cc3)nn2)n1. The van der Waals surface area contributed by atoms with Crippen molar-refractivity contribution >= 4 is 15.7 Å². The lowest BCUT2D eigenvalue weighted by Gasteiger charge is -2.11. The highest BCUT2D eigenvalue weighted by molar-refractivity contribution is 7.91. The van der Waals surface area contributed by atoms with Gasteiger partial charge in [0.15, 0.2) is 5.82 Å². The Hall–Kier alpha value is -3.93. The fourth-order valence-corrected chi connectivity index (χ4v) is 4.48. The summed E-state index contributed by atoms with van der Waals surface area (Å²) >= 11 is 0. The minimum Gasteiger partial charge on any atom is -0.438 e. The van der Waals surface area contributed by atoms with E-state index in [2.05, 4.69) is 20.0 Å². The largest absolute Gasteiger partial charge is 0.438 e. The second-order valence-corrected chi connectivity index (χ2v) is 9.47. The van der Waals surface area contributed by atoms with Crippen LogP contribution in [0.5, 0.6) is 11.6 Å². The van der Waals surface area contributed by atoms with Crippen molar-refractivity contribution in [3.05, 3.63) is 89.2 Å². The number of nitrogens with one attached hydrogen (secondary N) is 1. The summed E-state index contributed by atoms with van der Waals surface area (Å²) in [6.07, 6.45) is -4.48. The van der Waals surface area contributed by atoms with E-state index in [0.29, 0.717) is 11.6 Å². The monoisotopic (exact) mass is 503 g/mol. The molecule has 0 aliphatic heterocycles. The molecule has 182 valence electrons. The van der Waals surface area contributed by atoms with Crippen LogP contribution in [0.2, 0.25) is 0 Å². The molecular formula is C23H20F3N5O3S. The normalized spacial score (nSPS) is 11.9. The minimum absolute atomic E-state index is 0.230. The Labute approximate surface area is 199 Å². The van der Waals surface area contributed by atoms with Crippen molar-refractivity contribution in [1.29, 1.82) is 0 Å². The van der Waals surface area contributed by atoms with Crippen LogP contribution >= 0.6 is 0 Å². The molecule has 0 unspecified atom stereocenters. The van der Waals surface area contributed by atoms with Crippen LogP contribution in [0.25, 0.3) is 5.82 Å². The maximum Gasteiger partial charge on any atom is 0.416 e. The van der Waals surface area contributed by atoms with E-state index >= 15 is 0 Å². The standard InChI is InChI=1S/C23H20F3N5O3S/c1-15-13-16(2)31(29-15)21-11-12-22(28-27-21)34-20-9-7-19(8-10-20)30-35(32,33)14-17-3-5-18(6-4-17)23(24,25)26/h3-13,30H,14H2,1-2H3. The van der Waals surface area contributed by atoms with Gasteiger partial charge in [-0.2, -0.15) is 18.3 Å². The van der Waals surface area contributed by atoms with Crippen molar-refractivity contribution in [3.8, 4) is 17.4 Å². The second-order valence-electron chi connectivity index (χ2n) is 7.75. The molecule has 0 amide bonds. The molecule has 0 saturated heterocycles. The first-order valence-electron chi connectivity index (χ1n) is 10.3. The first-order chi connectivity index (χ1) is 16.5. The van der Waals surface area contributed by atoms with Crippen LogP contribution in [-0.4, -0.2) is 28.4 Å². The van der Waals surface area contributed by atoms with Crippen LogP contribution in [0.1, 0.15) is 22.5 Å². The summed E-state index contributed by atoms with van der Waals surface area (Å²) in [5.41, 5.74) is 1.44. The number of aryl methyl sites for hydroxylation is 2. The van der Waals surface area contributed by atoms with E-state index in [9.17, 15) is 21.6 Å². The number of anilines is 1. The molecule has 0 bridgehead atoms. The molecule has 0 aliphatic carbocycles. The van der Waals surface area contributed by atoms with E-state index in [1.54, 1.807) is 28.9 Å². The van der Waals surface area contributed by atoms with Gasteiger partial charge in [0.1, 0.15) is 5.75 Å². The highest BCUT2D eigenvalue weighted by Crippen LogP contribution is 2.29. The number of sulfonamides is 1. The van der Waals surface area contributed by atoms with Gasteiger partial charge < -0.3 is 4.74 Å². The van der Waals surface area contributed by atoms with E-state index < -0.39 is 27.5 Å². The fourth-order valence-electron chi connectivity index (χ4n) is 3.28. The summed E-state index contributed by atoms with van der Waals surface area (Å²) in [5.74, 6) is 0.719. The summed E-state index contributed by atoms with van der Waals surface area (Å²) in [6, 6.07) is 15.3. The van der Waals surface area contributed by atoms with E-state index in [0.717, 1.165) is 35.7 Å². The number of hydrogen-bond acceptors (Lipinski definition) is 6. The van der Waals surface area contributed by atoms with Crippen molar-refractivity contribution in [2.75, 3.05) is 4.72 Å². The molecule has 8 nitrogen and oxygen atoms in total. The molecule has 2 aromatic heterocycles. The molecule has 0 spiro atoms. The summed E-state index contributed by atoms with van der Waals surface area (Å²) in [7, 11) is -3.84. The van der Waals surface area contributed by atoms with E-state index in [4.69, 9.17) is 4.74 Å². The van der Waals surface area contributed by atoms with Crippen LogP contribution in [0.4, 0.5) is 18.9 Å². The topological polar surface area (TPSA) is 99.0 Å². The highest BCUT2D eigenvalue weighted by Gasteiger charge is 2.30. The van der Waals surface area contributed by atoms with Gasteiger partial charge in [-0.1, -0.05) is 12.1 Å². The maximum absolute atomic E-state index is 12.7. The number of alkyl halides is 3. The fraction of sp³-hybridized carbons (Fsp3) is 0.174. The lowest BCUT2D eigenvalue weighted by Crippen LogP contribution is -2.15. The van der Waals surface area contributed by atoms with Gasteiger partial charge in [-0.15, -0.1) is 10.2 Å². The zero-order valence-corrected chi connectivity index (χ0v) is 19.4. The first kappa shape index (κ1) is 24.2. The number of hydrogen-bond donors (Lipinski definition) is 1. The molecular weight excluding hydrogens is 483 g/mol. The predicted octanol–water partition coefficient (Wildman–Crippen LogP) is 5.03. The molecule has 1 N–H and O–H groups in total. The van der Waals surface area contributed by atoms with Gasteiger partial charge in [0.2, 0.25) is 15.9 Å². The Balaban J connectivity index is 1.37. The van der Waals surface area contributed by atoms with Crippen molar-refractivity contribution < 1.29 is 26.3 Å². The second kappa shape index (κ2) is 9.37. The zero-order valence-electron chi connectivity index (χ0n) is 18.6. The number of aromatic nitrogens is 4. The molecule has 0 atom stereocenters. The summed E-state index contributed by atoms with van der Waals surface area (Å²) in [4.78, 5) is 0. The Kier molecular flexibility index (Phi) is 6.48. The maximum atomic E-state index is 12.7. The Morgan fingerprint density at radius 2 is 1.63 bits per heavy atom. The first-order valence-corrected chi connectivity index (χ1v) is 12.0. The molecule has 0 fully saturated rings. The third-order valence-corrected chi connectivity index (χ3v) is 6.10. The minimum atomic E-state index is -4.48. The summed E-state index contributed by atoms with van der Waals surface area (Å²) in [6.45, 7) is 3.79. The molecule has 2 heterocycles. The molecule has 2 aromatic carbocycles. The number of halogens is 3. The van der Waals surface area contributed by atoms with Gasteiger partial charge >= 0.3 is 6.18 Å². The van der Waals surface area contributed by atoms with Crippen molar-refractivity contribution in [1.82, 2.24) is 20.0 Å². The average Bonchev–Trinajstić information content (AvgIpc) is 3.13. The third kappa shape index (κ3) is 6.15. The van der Waals surface area contributed by atoms with Crippen LogP contribution in [0.15, 0.2) is 66.7 Å². The van der Waals surface area contributed by atoms with E-state index in [1.807, 2.05) is 19.9 Å². The summed E-state index contributed by atoms with van der Waals surface area (Å²) < 4.78 is 72.5. The molecule has 35 heavy (non-hydrogen) atoms. The van der Waals surface area contributed by atoms with E-state index in [-0.39, 0.29) is 17.1 Å².